The molecule has 0 spiro atoms. The molecule has 1 fully saturated rings. The van der Waals surface area contributed by atoms with Crippen LogP contribution in [-0.4, -0.2) is 20.7 Å². The van der Waals surface area contributed by atoms with Gasteiger partial charge in [-0.25, -0.2) is 9.13 Å². The number of imidazole rings is 1. The van der Waals surface area contributed by atoms with Gasteiger partial charge in [0.1, 0.15) is 18.4 Å². The first kappa shape index (κ1) is 12.6. The van der Waals surface area contributed by atoms with Crippen LogP contribution in [0.1, 0.15) is 46.6 Å². The Kier molecular flexibility index (Phi) is 2.83. The Morgan fingerprint density at radius 2 is 1.71 bits per heavy atom. The van der Waals surface area contributed by atoms with Gasteiger partial charge in [-0.15, -0.1) is 10.3 Å². The predicted molar refractivity (Wildman–Crippen MR) is 64.6 cm³/mol. The molecule has 0 amide bonds. The lowest BCUT2D eigenvalue weighted by Crippen LogP contribution is -2.58. The van der Waals surface area contributed by atoms with Gasteiger partial charge >= 0.3 is 0 Å². The summed E-state index contributed by atoms with van der Waals surface area (Å²) in [6, 6.07) is 0.409. The van der Waals surface area contributed by atoms with Gasteiger partial charge in [-0.2, -0.15) is 0 Å². The fraction of sp³-hybridized carbons (Fsp3) is 0.769. The molecule has 1 aromatic heterocycles. The molecule has 1 saturated heterocycles. The summed E-state index contributed by atoms with van der Waals surface area (Å²) >= 11 is 0. The first-order valence-corrected chi connectivity index (χ1v) is 6.22. The first-order valence-electron chi connectivity index (χ1n) is 6.22. The minimum atomic E-state index is -0.296. The highest BCUT2D eigenvalue weighted by Crippen LogP contribution is 2.42. The Hall–Kier alpha value is -0.870. The molecule has 0 bridgehead atoms. The molecule has 17 heavy (non-hydrogen) atoms. The molecule has 4 nitrogen and oxygen atoms in total. The van der Waals surface area contributed by atoms with E-state index in [1.54, 1.807) is 0 Å². The number of hydrogen-bond acceptors (Lipinski definition) is 1. The molecular formula is C13H23N3O+. The molecule has 0 saturated carbocycles. The van der Waals surface area contributed by atoms with E-state index in [1.807, 2.05) is 45.5 Å². The zero-order valence-corrected chi connectivity index (χ0v) is 11.5. The zero-order valence-electron chi connectivity index (χ0n) is 11.5. The number of hydrogen-bond donors (Lipinski definition) is 0. The highest BCUT2D eigenvalue weighted by Gasteiger charge is 2.48. The number of piperidine rings is 1. The monoisotopic (exact) mass is 237 g/mol. The van der Waals surface area contributed by atoms with Crippen LogP contribution < -0.4 is 4.57 Å². The Bertz CT molecular complexity index is 391. The third-order valence-electron chi connectivity index (χ3n) is 3.78. The Balaban J connectivity index is 2.27. The molecule has 2 heterocycles. The average Bonchev–Trinajstić information content (AvgIpc) is 2.60. The molecular weight excluding hydrogens is 214 g/mol. The van der Waals surface area contributed by atoms with Crippen molar-refractivity contribution in [3.8, 4) is 0 Å². The van der Waals surface area contributed by atoms with E-state index in [9.17, 15) is 5.21 Å². The van der Waals surface area contributed by atoms with Gasteiger partial charge in [-0.05, 0) is 27.7 Å². The predicted octanol–water partition coefficient (Wildman–Crippen LogP) is 1.85. The van der Waals surface area contributed by atoms with Gasteiger partial charge in [0, 0.05) is 23.9 Å². The van der Waals surface area contributed by atoms with Crippen molar-refractivity contribution in [1.29, 1.82) is 0 Å². The summed E-state index contributed by atoms with van der Waals surface area (Å²) < 4.78 is 4.28. The van der Waals surface area contributed by atoms with Crippen LogP contribution in [0.15, 0.2) is 18.7 Å². The van der Waals surface area contributed by atoms with Crippen molar-refractivity contribution < 1.29 is 9.77 Å². The maximum absolute atomic E-state index is 12.3. The molecule has 95 valence electrons. The van der Waals surface area contributed by atoms with Crippen LogP contribution in [0.5, 0.6) is 0 Å². The molecule has 2 rings (SSSR count). The summed E-state index contributed by atoms with van der Waals surface area (Å²) in [7, 11) is 2.02. The van der Waals surface area contributed by atoms with Crippen LogP contribution in [0.3, 0.4) is 0 Å². The van der Waals surface area contributed by atoms with Crippen LogP contribution in [0.25, 0.3) is 0 Å². The van der Waals surface area contributed by atoms with Crippen molar-refractivity contribution in [3.05, 3.63) is 18.7 Å². The SMILES string of the molecule is C[n+]1ccn(C2CC(C)(C)N([O])C(C)(C)C2)c1. The van der Waals surface area contributed by atoms with Gasteiger partial charge < -0.3 is 0 Å². The third-order valence-corrected chi connectivity index (χ3v) is 3.78. The minimum Gasteiger partial charge on any atom is -0.240 e. The van der Waals surface area contributed by atoms with Gasteiger partial charge in [0.15, 0.2) is 0 Å². The van der Waals surface area contributed by atoms with Crippen LogP contribution >= 0.6 is 0 Å². The van der Waals surface area contributed by atoms with Crippen LogP contribution in [0.4, 0.5) is 0 Å². The van der Waals surface area contributed by atoms with Crippen molar-refractivity contribution in [3.63, 3.8) is 0 Å². The highest BCUT2D eigenvalue weighted by molar-refractivity contribution is 4.98. The summed E-state index contributed by atoms with van der Waals surface area (Å²) in [5.41, 5.74) is -0.593. The standard InChI is InChI=1S/C13H23N3O/c1-12(2)8-11(9-13(3,4)16(12)17)15-7-6-14(5)10-15/h6-7,10-11H,8-9H2,1-5H3/q+1. The third kappa shape index (κ3) is 2.24. The molecule has 1 aliphatic heterocycles. The second-order valence-corrected chi connectivity index (χ2v) is 6.51. The van der Waals surface area contributed by atoms with Gasteiger partial charge in [0.05, 0.1) is 7.05 Å². The largest absolute Gasteiger partial charge is 0.243 e. The van der Waals surface area contributed by atoms with E-state index >= 15 is 0 Å². The van der Waals surface area contributed by atoms with Gasteiger partial charge in [-0.3, -0.25) is 0 Å². The molecule has 1 aliphatic rings. The van der Waals surface area contributed by atoms with Gasteiger partial charge in [0.25, 0.3) is 0 Å². The lowest BCUT2D eigenvalue weighted by atomic mass is 9.79. The number of hydroxylamine groups is 2. The summed E-state index contributed by atoms with van der Waals surface area (Å²) in [5, 5.41) is 13.5. The zero-order chi connectivity index (χ0) is 12.8. The Labute approximate surface area is 103 Å². The second kappa shape index (κ2) is 3.82. The fourth-order valence-electron chi connectivity index (χ4n) is 3.11. The normalized spacial score (nSPS) is 25.1. The van der Waals surface area contributed by atoms with Crippen LogP contribution in [0, 0.1) is 0 Å². The van der Waals surface area contributed by atoms with E-state index in [1.165, 1.54) is 5.06 Å². The van der Waals surface area contributed by atoms with Crippen molar-refractivity contribution in [2.75, 3.05) is 0 Å². The van der Waals surface area contributed by atoms with E-state index in [0.717, 1.165) is 12.8 Å². The molecule has 0 unspecified atom stereocenters. The maximum atomic E-state index is 12.3. The van der Waals surface area contributed by atoms with E-state index in [4.69, 9.17) is 0 Å². The molecule has 1 aromatic rings. The van der Waals surface area contributed by atoms with Crippen molar-refractivity contribution in [2.45, 2.75) is 57.7 Å². The molecule has 0 aliphatic carbocycles. The highest BCUT2D eigenvalue weighted by atomic mass is 16.5. The first-order chi connectivity index (χ1) is 7.72. The lowest BCUT2D eigenvalue weighted by molar-refractivity contribution is -0.671. The van der Waals surface area contributed by atoms with E-state index in [-0.39, 0.29) is 11.1 Å². The Morgan fingerprint density at radius 3 is 2.12 bits per heavy atom. The van der Waals surface area contributed by atoms with Crippen LogP contribution in [0.2, 0.25) is 0 Å². The molecule has 1 radical (unpaired) electrons. The summed E-state index contributed by atoms with van der Waals surface area (Å²) in [6.45, 7) is 8.16. The number of nitrogens with zero attached hydrogens (tertiary/aromatic N) is 3. The topological polar surface area (TPSA) is 31.9 Å². The average molecular weight is 237 g/mol. The summed E-state index contributed by atoms with van der Waals surface area (Å²) in [4.78, 5) is 0. The van der Waals surface area contributed by atoms with E-state index < -0.39 is 0 Å². The van der Waals surface area contributed by atoms with Crippen LogP contribution in [-0.2, 0) is 12.3 Å². The molecule has 0 N–H and O–H groups in total. The van der Waals surface area contributed by atoms with Gasteiger partial charge in [-0.1, -0.05) is 0 Å². The number of aryl methyl sites for hydroxylation is 1. The van der Waals surface area contributed by atoms with Crippen molar-refractivity contribution in [2.24, 2.45) is 7.05 Å². The molecule has 0 aromatic carbocycles. The number of rotatable bonds is 1. The van der Waals surface area contributed by atoms with E-state index in [2.05, 4.69) is 17.1 Å². The maximum Gasteiger partial charge on any atom is 0.243 e. The fourth-order valence-corrected chi connectivity index (χ4v) is 3.11. The van der Waals surface area contributed by atoms with Gasteiger partial charge in [0.2, 0.25) is 6.33 Å². The summed E-state index contributed by atoms with van der Waals surface area (Å²) in [5.74, 6) is 0. The molecule has 4 heteroatoms. The lowest BCUT2D eigenvalue weighted by Gasteiger charge is -2.48. The second-order valence-electron chi connectivity index (χ2n) is 6.51. The number of aromatic nitrogens is 2. The molecule has 0 atom stereocenters. The van der Waals surface area contributed by atoms with Crippen molar-refractivity contribution in [1.82, 2.24) is 9.63 Å². The smallest absolute Gasteiger partial charge is 0.240 e. The minimum absolute atomic E-state index is 0.296. The van der Waals surface area contributed by atoms with Crippen molar-refractivity contribution >= 4 is 0 Å². The summed E-state index contributed by atoms with van der Waals surface area (Å²) in [6.07, 6.45) is 8.03. The van der Waals surface area contributed by atoms with E-state index in [0.29, 0.717) is 6.04 Å². The Morgan fingerprint density at radius 1 is 1.18 bits per heavy atom. The quantitative estimate of drug-likeness (QED) is 0.686.